The number of nitrogens with zero attached hydrogens (tertiary/aromatic N) is 3. The zero-order valence-corrected chi connectivity index (χ0v) is 24.4. The van der Waals surface area contributed by atoms with Gasteiger partial charge in [-0.3, -0.25) is 9.59 Å². The highest BCUT2D eigenvalue weighted by molar-refractivity contribution is 5.93. The second-order valence-electron chi connectivity index (χ2n) is 12.1. The summed E-state index contributed by atoms with van der Waals surface area (Å²) in [6, 6.07) is 12.0. The first-order valence-corrected chi connectivity index (χ1v) is 14.2. The van der Waals surface area contributed by atoms with Crippen LogP contribution in [0.3, 0.4) is 0 Å². The van der Waals surface area contributed by atoms with Gasteiger partial charge in [-0.25, -0.2) is 4.68 Å². The predicted molar refractivity (Wildman–Crippen MR) is 154 cm³/mol. The van der Waals surface area contributed by atoms with Gasteiger partial charge in [0.05, 0.1) is 25.8 Å². The maximum Gasteiger partial charge on any atom is 0.311 e. The second kappa shape index (κ2) is 10.7. The average Bonchev–Trinajstić information content (AvgIpc) is 3.40. The molecule has 0 saturated heterocycles. The zero-order valence-electron chi connectivity index (χ0n) is 24.4. The molecular formula is C32H40N4O4. The smallest absolute Gasteiger partial charge is 0.311 e. The van der Waals surface area contributed by atoms with Gasteiger partial charge in [-0.05, 0) is 78.7 Å². The molecular weight excluding hydrogens is 504 g/mol. The molecule has 5 rings (SSSR count). The number of aromatic nitrogens is 3. The SMILES string of the molecule is COC(=O)[C@]1(C)CCC[C@]2(C)c3ccc(C(C)C)c(NC(=O)Cn4cc(-c5cccc(OC)c5)nn4)c3CC[C@@H]12. The maximum absolute atomic E-state index is 13.4. The van der Waals surface area contributed by atoms with Gasteiger partial charge < -0.3 is 14.8 Å². The number of anilines is 1. The highest BCUT2D eigenvalue weighted by atomic mass is 16.5. The topological polar surface area (TPSA) is 95.3 Å². The minimum atomic E-state index is -0.507. The van der Waals surface area contributed by atoms with E-state index in [0.717, 1.165) is 54.7 Å². The van der Waals surface area contributed by atoms with Crippen LogP contribution in [-0.4, -0.2) is 41.1 Å². The molecule has 0 bridgehead atoms. The summed E-state index contributed by atoms with van der Waals surface area (Å²) in [5.74, 6) is 0.907. The summed E-state index contributed by atoms with van der Waals surface area (Å²) in [6.07, 6.45) is 6.29. The third-order valence-corrected chi connectivity index (χ3v) is 9.32. The Morgan fingerprint density at radius 3 is 2.67 bits per heavy atom. The fourth-order valence-electron chi connectivity index (χ4n) is 7.31. The molecule has 1 aromatic heterocycles. The molecule has 3 atom stereocenters. The number of benzene rings is 2. The van der Waals surface area contributed by atoms with Crippen molar-refractivity contribution in [1.82, 2.24) is 15.0 Å². The van der Waals surface area contributed by atoms with Crippen LogP contribution < -0.4 is 10.1 Å². The molecule has 40 heavy (non-hydrogen) atoms. The molecule has 1 fully saturated rings. The number of hydrogen-bond acceptors (Lipinski definition) is 6. The van der Waals surface area contributed by atoms with E-state index in [1.807, 2.05) is 24.3 Å². The summed E-state index contributed by atoms with van der Waals surface area (Å²) in [6.45, 7) is 8.73. The van der Waals surface area contributed by atoms with Crippen molar-refractivity contribution in [2.24, 2.45) is 11.3 Å². The van der Waals surface area contributed by atoms with Crippen molar-refractivity contribution >= 4 is 17.6 Å². The Kier molecular flexibility index (Phi) is 7.46. The van der Waals surface area contributed by atoms with Gasteiger partial charge in [0.1, 0.15) is 18.0 Å². The molecule has 1 N–H and O–H groups in total. The number of ether oxygens (including phenoxy) is 2. The third kappa shape index (κ3) is 4.78. The largest absolute Gasteiger partial charge is 0.497 e. The monoisotopic (exact) mass is 544 g/mol. The van der Waals surface area contributed by atoms with E-state index < -0.39 is 5.41 Å². The van der Waals surface area contributed by atoms with E-state index in [1.165, 1.54) is 18.2 Å². The van der Waals surface area contributed by atoms with Crippen molar-refractivity contribution in [3.8, 4) is 17.0 Å². The molecule has 3 aromatic rings. The van der Waals surface area contributed by atoms with Crippen LogP contribution in [0.25, 0.3) is 11.3 Å². The van der Waals surface area contributed by atoms with Crippen molar-refractivity contribution in [2.45, 2.75) is 77.7 Å². The van der Waals surface area contributed by atoms with Gasteiger partial charge in [-0.2, -0.15) is 0 Å². The molecule has 212 valence electrons. The van der Waals surface area contributed by atoms with Crippen LogP contribution >= 0.6 is 0 Å². The van der Waals surface area contributed by atoms with Crippen LogP contribution in [0.4, 0.5) is 5.69 Å². The normalized spacial score (nSPS) is 23.7. The van der Waals surface area contributed by atoms with E-state index in [4.69, 9.17) is 9.47 Å². The van der Waals surface area contributed by atoms with Crippen LogP contribution in [0.5, 0.6) is 5.75 Å². The van der Waals surface area contributed by atoms with Crippen molar-refractivity contribution in [3.63, 3.8) is 0 Å². The number of hydrogen-bond donors (Lipinski definition) is 1. The number of carbonyl (C=O) groups is 2. The molecule has 0 radical (unpaired) electrons. The number of esters is 1. The first-order chi connectivity index (χ1) is 19.1. The van der Waals surface area contributed by atoms with Crippen molar-refractivity contribution in [2.75, 3.05) is 19.5 Å². The van der Waals surface area contributed by atoms with Gasteiger partial charge in [-0.1, -0.05) is 56.7 Å². The van der Waals surface area contributed by atoms with Gasteiger partial charge in [-0.15, -0.1) is 5.10 Å². The van der Waals surface area contributed by atoms with Crippen LogP contribution in [0.15, 0.2) is 42.6 Å². The fraction of sp³-hybridized carbons (Fsp3) is 0.500. The Hall–Kier alpha value is -3.68. The number of amides is 1. The Morgan fingerprint density at radius 1 is 1.15 bits per heavy atom. The first kappa shape index (κ1) is 27.9. The van der Waals surface area contributed by atoms with E-state index in [2.05, 4.69) is 55.5 Å². The van der Waals surface area contributed by atoms with Gasteiger partial charge in [0.25, 0.3) is 0 Å². The minimum Gasteiger partial charge on any atom is -0.497 e. The summed E-state index contributed by atoms with van der Waals surface area (Å²) in [5.41, 5.74) is 5.36. The molecule has 8 heteroatoms. The molecule has 1 saturated carbocycles. The van der Waals surface area contributed by atoms with E-state index >= 15 is 0 Å². The Bertz CT molecular complexity index is 1430. The minimum absolute atomic E-state index is 0.0540. The van der Waals surface area contributed by atoms with Crippen molar-refractivity contribution in [3.05, 3.63) is 59.3 Å². The Labute approximate surface area is 236 Å². The molecule has 0 spiro atoms. The van der Waals surface area contributed by atoms with Crippen molar-refractivity contribution < 1.29 is 19.1 Å². The summed E-state index contributed by atoms with van der Waals surface area (Å²) < 4.78 is 12.2. The van der Waals surface area contributed by atoms with Crippen LogP contribution in [-0.2, 0) is 32.7 Å². The number of methoxy groups -OCH3 is 2. The lowest BCUT2D eigenvalue weighted by Crippen LogP contribution is -2.52. The van der Waals surface area contributed by atoms with E-state index in [9.17, 15) is 9.59 Å². The summed E-state index contributed by atoms with van der Waals surface area (Å²) in [5, 5.41) is 11.7. The van der Waals surface area contributed by atoms with E-state index in [0.29, 0.717) is 5.69 Å². The molecule has 0 aliphatic heterocycles. The standard InChI is InChI=1S/C32H40N4O4/c1-20(2)23-11-13-25-24(12-14-27-31(25,3)15-8-16-32(27,4)30(38)40-6)29(23)33-28(37)19-36-18-26(34-35-36)21-9-7-10-22(17-21)39-5/h7,9-11,13,17-18,20,27H,8,12,14-16,19H2,1-6H3,(H,33,37)/t27-,31-,32-/m1/s1. The number of carbonyl (C=O) groups excluding carboxylic acids is 2. The maximum atomic E-state index is 13.4. The number of rotatable bonds is 7. The summed E-state index contributed by atoms with van der Waals surface area (Å²) in [7, 11) is 3.12. The lowest BCUT2D eigenvalue weighted by Gasteiger charge is -2.54. The molecule has 1 amide bonds. The quantitative estimate of drug-likeness (QED) is 0.372. The average molecular weight is 545 g/mol. The lowest BCUT2D eigenvalue weighted by atomic mass is 9.49. The van der Waals surface area contributed by atoms with E-state index in [-0.39, 0.29) is 35.7 Å². The highest BCUT2D eigenvalue weighted by Crippen LogP contribution is 2.58. The molecule has 2 aliphatic carbocycles. The van der Waals surface area contributed by atoms with Gasteiger partial charge in [0.15, 0.2) is 0 Å². The van der Waals surface area contributed by atoms with Gasteiger partial charge in [0, 0.05) is 11.3 Å². The number of fused-ring (bicyclic) bond motifs is 3. The molecule has 0 unspecified atom stereocenters. The van der Waals surface area contributed by atoms with Gasteiger partial charge in [0.2, 0.25) is 5.91 Å². The molecule has 1 heterocycles. The lowest BCUT2D eigenvalue weighted by molar-refractivity contribution is -0.161. The summed E-state index contributed by atoms with van der Waals surface area (Å²) in [4.78, 5) is 26.4. The van der Waals surface area contributed by atoms with Crippen LogP contribution in [0, 0.1) is 11.3 Å². The van der Waals surface area contributed by atoms with Crippen molar-refractivity contribution in [1.29, 1.82) is 0 Å². The first-order valence-electron chi connectivity index (χ1n) is 14.2. The second-order valence-corrected chi connectivity index (χ2v) is 12.1. The third-order valence-electron chi connectivity index (χ3n) is 9.32. The molecule has 2 aromatic carbocycles. The highest BCUT2D eigenvalue weighted by Gasteiger charge is 2.56. The predicted octanol–water partition coefficient (Wildman–Crippen LogP) is 5.90. The van der Waals surface area contributed by atoms with Crippen LogP contribution in [0.2, 0.25) is 0 Å². The molecule has 8 nitrogen and oxygen atoms in total. The Morgan fingerprint density at radius 2 is 1.95 bits per heavy atom. The zero-order chi connectivity index (χ0) is 28.7. The fourth-order valence-corrected chi connectivity index (χ4v) is 7.31. The van der Waals surface area contributed by atoms with E-state index in [1.54, 1.807) is 18.0 Å². The Balaban J connectivity index is 1.43. The van der Waals surface area contributed by atoms with Gasteiger partial charge >= 0.3 is 5.97 Å². The summed E-state index contributed by atoms with van der Waals surface area (Å²) >= 11 is 0. The number of nitrogens with one attached hydrogen (secondary N) is 1. The van der Waals surface area contributed by atoms with Crippen LogP contribution in [0.1, 0.15) is 76.0 Å². The molecule has 2 aliphatic rings.